The van der Waals surface area contributed by atoms with Gasteiger partial charge in [0.25, 0.3) is 0 Å². The number of hydrogen-bond acceptors (Lipinski definition) is 1. The van der Waals surface area contributed by atoms with E-state index < -0.39 is 41.0 Å². The standard InChI is InChI=1S/C25H16F4O.C25H16F4/c26-19-7-1-15(2-8-19)21-11-5-17(13-23(21)28)25(30)18-6-12-22(24(29)14-18)16-3-9-20(27)10-4-16;26-20-7-3-18(4-8-20)22-11-1-16(14-24(22)28)13-17-2-12-23(25(29)15-17)19-5-9-21(27)10-6-19/h1-14,25,30H;1-12,14-15H,13H2. The second-order valence-electron chi connectivity index (χ2n) is 13.7. The predicted molar refractivity (Wildman–Crippen MR) is 214 cm³/mol. The molecule has 0 heterocycles. The molecule has 8 rings (SSSR count). The number of rotatable bonds is 8. The van der Waals surface area contributed by atoms with Gasteiger partial charge in [-0.1, -0.05) is 97.1 Å². The molecule has 9 heteroatoms. The van der Waals surface area contributed by atoms with Crippen LogP contribution < -0.4 is 0 Å². The van der Waals surface area contributed by atoms with Gasteiger partial charge in [0, 0.05) is 22.3 Å². The van der Waals surface area contributed by atoms with E-state index in [9.17, 15) is 40.2 Å². The molecule has 1 nitrogen and oxygen atoms in total. The third kappa shape index (κ3) is 9.66. The Bertz CT molecular complexity index is 2520. The Hall–Kier alpha value is -6.84. The summed E-state index contributed by atoms with van der Waals surface area (Å²) in [4.78, 5) is 0. The zero-order valence-electron chi connectivity index (χ0n) is 30.9. The van der Waals surface area contributed by atoms with Crippen molar-refractivity contribution >= 4 is 0 Å². The molecular weight excluding hydrogens is 769 g/mol. The van der Waals surface area contributed by atoms with Gasteiger partial charge < -0.3 is 5.11 Å². The molecule has 0 saturated carbocycles. The third-order valence-electron chi connectivity index (χ3n) is 9.71. The minimum Gasteiger partial charge on any atom is -0.384 e. The minimum absolute atomic E-state index is 0.257. The van der Waals surface area contributed by atoms with Crippen LogP contribution in [0.4, 0.5) is 35.1 Å². The van der Waals surface area contributed by atoms with Crippen molar-refractivity contribution in [3.05, 3.63) is 239 Å². The second-order valence-corrected chi connectivity index (χ2v) is 13.7. The molecule has 59 heavy (non-hydrogen) atoms. The summed E-state index contributed by atoms with van der Waals surface area (Å²) >= 11 is 0. The zero-order chi connectivity index (χ0) is 41.6. The second kappa shape index (κ2) is 17.7. The van der Waals surface area contributed by atoms with Crippen LogP contribution in [0.2, 0.25) is 0 Å². The number of hydrogen-bond donors (Lipinski definition) is 1. The van der Waals surface area contributed by atoms with E-state index in [4.69, 9.17) is 0 Å². The molecular formula is C50H32F8O. The molecule has 1 N–H and O–H groups in total. The Balaban J connectivity index is 0.000000179. The summed E-state index contributed by atoms with van der Waals surface area (Å²) in [6.45, 7) is 0. The number of aliphatic hydroxyl groups excluding tert-OH is 1. The SMILES string of the molecule is Fc1ccc(-c2ccc(Cc3ccc(-c4ccc(F)cc4)c(F)c3)cc2F)cc1.OC(c1ccc(-c2ccc(F)cc2)c(F)c1)c1ccc(-c2ccc(F)cc2)c(F)c1. The molecule has 294 valence electrons. The van der Waals surface area contributed by atoms with Crippen LogP contribution in [0.25, 0.3) is 44.5 Å². The van der Waals surface area contributed by atoms with Crippen LogP contribution in [0, 0.1) is 46.5 Å². The van der Waals surface area contributed by atoms with E-state index in [1.165, 1.54) is 146 Å². The van der Waals surface area contributed by atoms with Crippen molar-refractivity contribution in [2.75, 3.05) is 0 Å². The summed E-state index contributed by atoms with van der Waals surface area (Å²) in [6, 6.07) is 40.1. The zero-order valence-corrected chi connectivity index (χ0v) is 30.9. The summed E-state index contributed by atoms with van der Waals surface area (Å²) < 4.78 is 111. The Kier molecular flexibility index (Phi) is 12.1. The summed E-state index contributed by atoms with van der Waals surface area (Å²) in [7, 11) is 0. The summed E-state index contributed by atoms with van der Waals surface area (Å²) in [5.74, 6) is -3.60. The van der Waals surface area contributed by atoms with Crippen LogP contribution in [-0.2, 0) is 6.42 Å². The molecule has 0 aliphatic heterocycles. The summed E-state index contributed by atoms with van der Waals surface area (Å²) in [5.41, 5.74) is 5.39. The van der Waals surface area contributed by atoms with Gasteiger partial charge in [-0.2, -0.15) is 0 Å². The largest absolute Gasteiger partial charge is 0.384 e. The molecule has 0 aliphatic carbocycles. The topological polar surface area (TPSA) is 20.2 Å². The maximum Gasteiger partial charge on any atom is 0.131 e. The first-order valence-electron chi connectivity index (χ1n) is 18.3. The fraction of sp³-hybridized carbons (Fsp3) is 0.0400. The van der Waals surface area contributed by atoms with Crippen LogP contribution in [-0.4, -0.2) is 5.11 Å². The van der Waals surface area contributed by atoms with E-state index in [1.807, 2.05) is 0 Å². The molecule has 0 saturated heterocycles. The first-order valence-corrected chi connectivity index (χ1v) is 18.3. The van der Waals surface area contributed by atoms with Crippen molar-refractivity contribution in [1.82, 2.24) is 0 Å². The van der Waals surface area contributed by atoms with E-state index in [1.54, 1.807) is 24.3 Å². The quantitative estimate of drug-likeness (QED) is 0.152. The van der Waals surface area contributed by atoms with Gasteiger partial charge in [0.2, 0.25) is 0 Å². The molecule has 0 spiro atoms. The highest BCUT2D eigenvalue weighted by atomic mass is 19.2. The van der Waals surface area contributed by atoms with Gasteiger partial charge in [0.15, 0.2) is 0 Å². The lowest BCUT2D eigenvalue weighted by atomic mass is 9.95. The van der Waals surface area contributed by atoms with Gasteiger partial charge in [0.05, 0.1) is 0 Å². The lowest BCUT2D eigenvalue weighted by Crippen LogP contribution is -2.02. The molecule has 8 aromatic carbocycles. The molecule has 0 aliphatic rings. The van der Waals surface area contributed by atoms with E-state index in [2.05, 4.69) is 0 Å². The highest BCUT2D eigenvalue weighted by Crippen LogP contribution is 2.32. The lowest BCUT2D eigenvalue weighted by Gasteiger charge is -2.14. The monoisotopic (exact) mass is 800 g/mol. The maximum absolute atomic E-state index is 14.6. The van der Waals surface area contributed by atoms with Crippen molar-refractivity contribution in [2.24, 2.45) is 0 Å². The fourth-order valence-electron chi connectivity index (χ4n) is 6.62. The van der Waals surface area contributed by atoms with Gasteiger partial charge in [-0.15, -0.1) is 0 Å². The molecule has 0 bridgehead atoms. The smallest absolute Gasteiger partial charge is 0.131 e. The average molecular weight is 801 g/mol. The third-order valence-corrected chi connectivity index (χ3v) is 9.71. The summed E-state index contributed by atoms with van der Waals surface area (Å²) in [5, 5.41) is 10.6. The molecule has 8 aromatic rings. The normalized spacial score (nSPS) is 11.0. The summed E-state index contributed by atoms with van der Waals surface area (Å²) in [6.07, 6.45) is -0.875. The number of aliphatic hydroxyl groups is 1. The Labute approximate surface area is 335 Å². The molecule has 0 fully saturated rings. The van der Waals surface area contributed by atoms with Crippen molar-refractivity contribution in [2.45, 2.75) is 12.5 Å². The minimum atomic E-state index is -1.24. The fourth-order valence-corrected chi connectivity index (χ4v) is 6.62. The van der Waals surface area contributed by atoms with Crippen molar-refractivity contribution in [3.8, 4) is 44.5 Å². The van der Waals surface area contributed by atoms with Crippen LogP contribution in [0.3, 0.4) is 0 Å². The molecule has 0 unspecified atom stereocenters. The molecule has 0 radical (unpaired) electrons. The Morgan fingerprint density at radius 1 is 0.305 bits per heavy atom. The van der Waals surface area contributed by atoms with Crippen LogP contribution in [0.15, 0.2) is 170 Å². The molecule has 0 atom stereocenters. The van der Waals surface area contributed by atoms with Crippen LogP contribution in [0.1, 0.15) is 28.4 Å². The van der Waals surface area contributed by atoms with E-state index >= 15 is 0 Å². The first-order chi connectivity index (χ1) is 28.4. The van der Waals surface area contributed by atoms with Gasteiger partial charge in [-0.3, -0.25) is 0 Å². The van der Waals surface area contributed by atoms with Crippen LogP contribution in [0.5, 0.6) is 0 Å². The van der Waals surface area contributed by atoms with Gasteiger partial charge in [0.1, 0.15) is 52.6 Å². The Morgan fingerprint density at radius 3 is 0.814 bits per heavy atom. The van der Waals surface area contributed by atoms with E-state index in [-0.39, 0.29) is 33.9 Å². The van der Waals surface area contributed by atoms with Gasteiger partial charge in [-0.05, 0) is 124 Å². The Morgan fingerprint density at radius 2 is 0.559 bits per heavy atom. The first kappa shape index (κ1) is 40.4. The number of benzene rings is 8. The van der Waals surface area contributed by atoms with Crippen molar-refractivity contribution in [3.63, 3.8) is 0 Å². The highest BCUT2D eigenvalue weighted by molar-refractivity contribution is 5.68. The van der Waals surface area contributed by atoms with Crippen LogP contribution >= 0.6 is 0 Å². The van der Waals surface area contributed by atoms with E-state index in [0.717, 1.165) is 0 Å². The predicted octanol–water partition coefficient (Wildman–Crippen LogP) is 13.8. The maximum atomic E-state index is 14.6. The highest BCUT2D eigenvalue weighted by Gasteiger charge is 2.17. The molecule has 0 aromatic heterocycles. The van der Waals surface area contributed by atoms with Crippen molar-refractivity contribution < 1.29 is 40.2 Å². The number of halogens is 8. The molecule has 0 amide bonds. The van der Waals surface area contributed by atoms with Crippen molar-refractivity contribution in [1.29, 1.82) is 0 Å². The lowest BCUT2D eigenvalue weighted by molar-refractivity contribution is 0.219. The van der Waals surface area contributed by atoms with E-state index in [0.29, 0.717) is 50.9 Å². The average Bonchev–Trinajstić information content (AvgIpc) is 3.23. The van der Waals surface area contributed by atoms with Gasteiger partial charge in [-0.25, -0.2) is 35.1 Å². The van der Waals surface area contributed by atoms with Gasteiger partial charge >= 0.3 is 0 Å².